The van der Waals surface area contributed by atoms with Crippen LogP contribution in [0.5, 0.6) is 0 Å². The summed E-state index contributed by atoms with van der Waals surface area (Å²) in [5.41, 5.74) is 4.91. The third-order valence-electron chi connectivity index (χ3n) is 5.23. The van der Waals surface area contributed by atoms with Crippen molar-refractivity contribution in [3.05, 3.63) is 107 Å². The van der Waals surface area contributed by atoms with Crippen molar-refractivity contribution in [2.45, 2.75) is 33.7 Å². The molecule has 4 heteroatoms. The minimum Gasteiger partial charge on any atom is -0.356 e. The topological polar surface area (TPSA) is 49.4 Å². The number of hydrogen-bond acceptors (Lipinski definition) is 2. The van der Waals surface area contributed by atoms with E-state index in [2.05, 4.69) is 25.2 Å². The maximum absolute atomic E-state index is 13.2. The molecule has 4 nitrogen and oxygen atoms in total. The van der Waals surface area contributed by atoms with Crippen LogP contribution in [0.1, 0.15) is 36.1 Å². The highest BCUT2D eigenvalue weighted by molar-refractivity contribution is 6.03. The molecule has 0 aliphatic rings. The lowest BCUT2D eigenvalue weighted by Crippen LogP contribution is -2.29. The zero-order valence-corrected chi connectivity index (χ0v) is 19.6. The van der Waals surface area contributed by atoms with Gasteiger partial charge in [-0.2, -0.15) is 0 Å². The van der Waals surface area contributed by atoms with E-state index < -0.39 is 0 Å². The van der Waals surface area contributed by atoms with Gasteiger partial charge in [0, 0.05) is 18.3 Å². The molecule has 33 heavy (non-hydrogen) atoms. The molecule has 1 N–H and O–H groups in total. The van der Waals surface area contributed by atoms with Crippen LogP contribution in [0.3, 0.4) is 0 Å². The number of nitrogens with one attached hydrogen (secondary N) is 1. The van der Waals surface area contributed by atoms with E-state index >= 15 is 0 Å². The number of carbonyl (C=O) groups is 2. The Morgan fingerprint density at radius 1 is 0.909 bits per heavy atom. The van der Waals surface area contributed by atoms with Crippen LogP contribution in [0.2, 0.25) is 0 Å². The summed E-state index contributed by atoms with van der Waals surface area (Å²) < 4.78 is 0. The summed E-state index contributed by atoms with van der Waals surface area (Å²) in [7, 11) is 0. The maximum Gasteiger partial charge on any atom is 0.251 e. The predicted molar refractivity (Wildman–Crippen MR) is 136 cm³/mol. The fourth-order valence-electron chi connectivity index (χ4n) is 3.47. The molecular formula is C29H32N2O2. The van der Waals surface area contributed by atoms with Crippen LogP contribution >= 0.6 is 0 Å². The zero-order valence-electron chi connectivity index (χ0n) is 19.6. The molecule has 0 spiro atoms. The van der Waals surface area contributed by atoms with E-state index in [1.165, 1.54) is 0 Å². The largest absolute Gasteiger partial charge is 0.356 e. The Balaban J connectivity index is 1.78. The van der Waals surface area contributed by atoms with E-state index in [0.717, 1.165) is 27.9 Å². The average molecular weight is 441 g/mol. The van der Waals surface area contributed by atoms with E-state index in [-0.39, 0.29) is 11.8 Å². The molecule has 3 rings (SSSR count). The Morgan fingerprint density at radius 3 is 2.30 bits per heavy atom. The minimum atomic E-state index is -0.0946. The van der Waals surface area contributed by atoms with Crippen molar-refractivity contribution in [3.63, 3.8) is 0 Å². The Hall–Kier alpha value is -3.66. The Labute approximate surface area is 197 Å². The van der Waals surface area contributed by atoms with Gasteiger partial charge in [-0.1, -0.05) is 86.1 Å². The van der Waals surface area contributed by atoms with Crippen LogP contribution < -0.4 is 10.2 Å². The molecule has 3 aromatic rings. The van der Waals surface area contributed by atoms with Crippen molar-refractivity contribution in [2.24, 2.45) is 5.92 Å². The molecule has 0 heterocycles. The van der Waals surface area contributed by atoms with Gasteiger partial charge >= 0.3 is 0 Å². The SMILES string of the molecule is Cc1cccc(CN(C(=O)C=Cc2ccccc2)c2ccc(CC(=O)NCC(C)C)cc2)c1. The highest BCUT2D eigenvalue weighted by Gasteiger charge is 2.15. The van der Waals surface area contributed by atoms with Crippen molar-refractivity contribution < 1.29 is 9.59 Å². The van der Waals surface area contributed by atoms with Crippen molar-refractivity contribution in [2.75, 3.05) is 11.4 Å². The van der Waals surface area contributed by atoms with Crippen LogP contribution in [0.4, 0.5) is 5.69 Å². The Bertz CT molecular complexity index is 1090. The summed E-state index contributed by atoms with van der Waals surface area (Å²) >= 11 is 0. The number of anilines is 1. The van der Waals surface area contributed by atoms with E-state index in [0.29, 0.717) is 25.4 Å². The third-order valence-corrected chi connectivity index (χ3v) is 5.23. The molecule has 3 aromatic carbocycles. The van der Waals surface area contributed by atoms with Crippen molar-refractivity contribution >= 4 is 23.6 Å². The van der Waals surface area contributed by atoms with E-state index in [4.69, 9.17) is 0 Å². The number of benzene rings is 3. The first-order valence-electron chi connectivity index (χ1n) is 11.4. The molecule has 0 bridgehead atoms. The second-order valence-corrected chi connectivity index (χ2v) is 8.70. The van der Waals surface area contributed by atoms with E-state index in [1.54, 1.807) is 11.0 Å². The van der Waals surface area contributed by atoms with Gasteiger partial charge in [-0.3, -0.25) is 9.59 Å². The van der Waals surface area contributed by atoms with Crippen molar-refractivity contribution in [1.29, 1.82) is 0 Å². The minimum absolute atomic E-state index is 0.00920. The van der Waals surface area contributed by atoms with Crippen LogP contribution in [0.25, 0.3) is 6.08 Å². The van der Waals surface area contributed by atoms with Gasteiger partial charge in [0.1, 0.15) is 0 Å². The molecule has 2 amide bonds. The van der Waals surface area contributed by atoms with Gasteiger partial charge in [0.25, 0.3) is 5.91 Å². The van der Waals surface area contributed by atoms with Gasteiger partial charge in [0.05, 0.1) is 13.0 Å². The number of hydrogen-bond donors (Lipinski definition) is 1. The van der Waals surface area contributed by atoms with Crippen molar-refractivity contribution in [1.82, 2.24) is 5.32 Å². The van der Waals surface area contributed by atoms with Gasteiger partial charge < -0.3 is 10.2 Å². The predicted octanol–water partition coefficient (Wildman–Crippen LogP) is 5.56. The third kappa shape index (κ3) is 7.76. The lowest BCUT2D eigenvalue weighted by Gasteiger charge is -2.22. The highest BCUT2D eigenvalue weighted by Crippen LogP contribution is 2.20. The average Bonchev–Trinajstić information content (AvgIpc) is 2.81. The van der Waals surface area contributed by atoms with Gasteiger partial charge in [0.2, 0.25) is 5.91 Å². The number of amides is 2. The lowest BCUT2D eigenvalue weighted by atomic mass is 10.1. The van der Waals surface area contributed by atoms with Gasteiger partial charge in [0.15, 0.2) is 0 Å². The summed E-state index contributed by atoms with van der Waals surface area (Å²) in [6.07, 6.45) is 3.77. The summed E-state index contributed by atoms with van der Waals surface area (Å²) in [5.74, 6) is 0.333. The van der Waals surface area contributed by atoms with E-state index in [9.17, 15) is 9.59 Å². The molecule has 0 radical (unpaired) electrons. The molecule has 0 saturated heterocycles. The molecule has 0 fully saturated rings. The molecule has 170 valence electrons. The first kappa shape index (κ1) is 24.0. The van der Waals surface area contributed by atoms with E-state index in [1.807, 2.05) is 85.8 Å². The molecule has 0 unspecified atom stereocenters. The zero-order chi connectivity index (χ0) is 23.6. The van der Waals surface area contributed by atoms with Crippen LogP contribution in [-0.2, 0) is 22.6 Å². The van der Waals surface area contributed by atoms with Crippen LogP contribution in [-0.4, -0.2) is 18.4 Å². The molecule has 0 aliphatic carbocycles. The maximum atomic E-state index is 13.2. The van der Waals surface area contributed by atoms with Crippen LogP contribution in [0, 0.1) is 12.8 Å². The first-order chi connectivity index (χ1) is 15.9. The van der Waals surface area contributed by atoms with Crippen molar-refractivity contribution in [3.8, 4) is 0 Å². The second-order valence-electron chi connectivity index (χ2n) is 8.70. The summed E-state index contributed by atoms with van der Waals surface area (Å²) in [4.78, 5) is 27.1. The Kier molecular flexibility index (Phi) is 8.59. The molecule has 0 aromatic heterocycles. The first-order valence-corrected chi connectivity index (χ1v) is 11.4. The van der Waals surface area contributed by atoms with Gasteiger partial charge in [-0.15, -0.1) is 0 Å². The molecule has 0 aliphatic heterocycles. The summed E-state index contributed by atoms with van der Waals surface area (Å²) in [6, 6.07) is 25.6. The number of nitrogens with zero attached hydrogens (tertiary/aromatic N) is 1. The fraction of sp³-hybridized carbons (Fsp3) is 0.241. The monoisotopic (exact) mass is 440 g/mol. The summed E-state index contributed by atoms with van der Waals surface area (Å²) in [5, 5.41) is 2.94. The van der Waals surface area contributed by atoms with Gasteiger partial charge in [-0.25, -0.2) is 0 Å². The molecule has 0 saturated carbocycles. The number of rotatable bonds is 9. The van der Waals surface area contributed by atoms with Crippen LogP contribution in [0.15, 0.2) is 84.9 Å². The fourth-order valence-corrected chi connectivity index (χ4v) is 3.47. The second kappa shape index (κ2) is 11.8. The molecular weight excluding hydrogens is 408 g/mol. The molecule has 0 atom stereocenters. The van der Waals surface area contributed by atoms with Gasteiger partial charge in [-0.05, 0) is 47.7 Å². The number of carbonyl (C=O) groups excluding carboxylic acids is 2. The quantitative estimate of drug-likeness (QED) is 0.443. The smallest absolute Gasteiger partial charge is 0.251 e. The summed E-state index contributed by atoms with van der Waals surface area (Å²) in [6.45, 7) is 7.32. The normalized spacial score (nSPS) is 11.0. The number of aryl methyl sites for hydroxylation is 1. The lowest BCUT2D eigenvalue weighted by molar-refractivity contribution is -0.120. The highest BCUT2D eigenvalue weighted by atomic mass is 16.2. The Morgan fingerprint density at radius 2 is 1.64 bits per heavy atom. The standard InChI is InChI=1S/C29H32N2O2/c1-22(2)20-30-28(32)19-25-12-15-27(16-13-25)31(21-26-11-7-8-23(3)18-26)29(33)17-14-24-9-5-4-6-10-24/h4-18,22H,19-21H2,1-3H3,(H,30,32).